The zero-order valence-electron chi connectivity index (χ0n) is 10.1. The van der Waals surface area contributed by atoms with Gasteiger partial charge in [0.05, 0.1) is 15.8 Å². The van der Waals surface area contributed by atoms with Crippen molar-refractivity contribution < 1.29 is 9.59 Å². The molecule has 0 fully saturated rings. The molecule has 5 heteroatoms. The summed E-state index contributed by atoms with van der Waals surface area (Å²) in [5.41, 5.74) is 1.94. The van der Waals surface area contributed by atoms with Crippen LogP contribution in [0.15, 0.2) is 41.2 Å². The second-order valence-corrected chi connectivity index (χ2v) is 5.59. The molecule has 96 valence electrons. The Morgan fingerprint density at radius 1 is 0.800 bits per heavy atom. The number of H-pyrrole nitrogens is 1. The quantitative estimate of drug-likeness (QED) is 0.538. The van der Waals surface area contributed by atoms with E-state index in [2.05, 4.69) is 4.98 Å². The smallest absolute Gasteiger partial charge is 0.305 e. The summed E-state index contributed by atoms with van der Waals surface area (Å²) in [5.74, 6) is -0.390. The van der Waals surface area contributed by atoms with Gasteiger partial charge in [0.25, 0.3) is 0 Å². The van der Waals surface area contributed by atoms with Crippen LogP contribution in [-0.2, 0) is 0 Å². The third-order valence-electron chi connectivity index (χ3n) is 3.48. The maximum Gasteiger partial charge on any atom is 0.305 e. The van der Waals surface area contributed by atoms with E-state index in [1.807, 2.05) is 0 Å². The molecule has 0 radical (unpaired) electrons. The van der Waals surface area contributed by atoms with Crippen LogP contribution in [-0.4, -0.2) is 16.6 Å². The van der Waals surface area contributed by atoms with E-state index in [4.69, 9.17) is 0 Å². The Bertz CT molecular complexity index is 965. The van der Waals surface area contributed by atoms with Gasteiger partial charge < -0.3 is 4.98 Å². The zero-order valence-corrected chi connectivity index (χ0v) is 10.9. The van der Waals surface area contributed by atoms with Crippen molar-refractivity contribution in [3.8, 4) is 0 Å². The molecule has 1 aromatic heterocycles. The molecule has 4 nitrogen and oxygen atoms in total. The molecule has 1 aliphatic carbocycles. The number of hydrogen-bond donors (Lipinski definition) is 1. The van der Waals surface area contributed by atoms with E-state index in [-0.39, 0.29) is 16.4 Å². The highest BCUT2D eigenvalue weighted by atomic mass is 32.1. The summed E-state index contributed by atoms with van der Waals surface area (Å²) in [4.78, 5) is 39.0. The van der Waals surface area contributed by atoms with Crippen molar-refractivity contribution in [2.45, 2.75) is 0 Å². The Balaban J connectivity index is 2.16. The van der Waals surface area contributed by atoms with Crippen LogP contribution in [0.3, 0.4) is 0 Å². The number of carbonyl (C=O) groups is 2. The molecule has 0 saturated carbocycles. The average molecular weight is 281 g/mol. The Hall–Kier alpha value is -2.53. The average Bonchev–Trinajstić information content (AvgIpc) is 2.84. The van der Waals surface area contributed by atoms with Gasteiger partial charge in [0.1, 0.15) is 0 Å². The molecule has 0 unspecified atom stereocenters. The molecule has 1 N–H and O–H groups in total. The third-order valence-corrected chi connectivity index (χ3v) is 4.33. The van der Waals surface area contributed by atoms with Crippen LogP contribution in [0, 0.1) is 0 Å². The maximum atomic E-state index is 12.6. The number of fused-ring (bicyclic) bond motifs is 4. The van der Waals surface area contributed by atoms with Crippen molar-refractivity contribution in [3.63, 3.8) is 0 Å². The van der Waals surface area contributed by atoms with Gasteiger partial charge in [0, 0.05) is 16.7 Å². The molecule has 4 rings (SSSR count). The van der Waals surface area contributed by atoms with Crippen molar-refractivity contribution in [3.05, 3.63) is 68.3 Å². The summed E-state index contributed by atoms with van der Waals surface area (Å²) < 4.78 is 0.689. The van der Waals surface area contributed by atoms with Crippen LogP contribution in [0.25, 0.3) is 10.2 Å². The topological polar surface area (TPSA) is 67.0 Å². The zero-order chi connectivity index (χ0) is 13.9. The molecule has 20 heavy (non-hydrogen) atoms. The Morgan fingerprint density at radius 3 is 2.25 bits per heavy atom. The Labute approximate surface area is 116 Å². The number of aromatic amines is 1. The molecular formula is C15H7NO3S. The number of benzene rings is 2. The van der Waals surface area contributed by atoms with E-state index in [0.29, 0.717) is 32.5 Å². The van der Waals surface area contributed by atoms with Crippen LogP contribution in [0.5, 0.6) is 0 Å². The first-order chi connectivity index (χ1) is 9.66. The van der Waals surface area contributed by atoms with Crippen molar-refractivity contribution >= 4 is 33.1 Å². The third kappa shape index (κ3) is 1.32. The first-order valence-electron chi connectivity index (χ1n) is 6.01. The second-order valence-electron chi connectivity index (χ2n) is 4.58. The number of nitrogens with one attached hydrogen (secondary N) is 1. The minimum Gasteiger partial charge on any atom is -0.312 e. The highest BCUT2D eigenvalue weighted by Gasteiger charge is 2.31. The molecule has 1 heterocycles. The van der Waals surface area contributed by atoms with Crippen LogP contribution in [0.4, 0.5) is 0 Å². The Morgan fingerprint density at radius 2 is 1.50 bits per heavy atom. The number of rotatable bonds is 0. The van der Waals surface area contributed by atoms with E-state index in [1.165, 1.54) is 0 Å². The molecule has 0 amide bonds. The lowest BCUT2D eigenvalue weighted by Crippen LogP contribution is -2.21. The summed E-state index contributed by atoms with van der Waals surface area (Å²) in [6.45, 7) is 0. The summed E-state index contributed by atoms with van der Waals surface area (Å²) in [5, 5.41) is 0. The van der Waals surface area contributed by atoms with Gasteiger partial charge in [-0.05, 0) is 12.1 Å². The lowest BCUT2D eigenvalue weighted by Gasteiger charge is -2.17. The molecular weight excluding hydrogens is 274 g/mol. The number of aromatic nitrogens is 1. The lowest BCUT2D eigenvalue weighted by molar-refractivity contribution is 0.0980. The lowest BCUT2D eigenvalue weighted by atomic mass is 9.83. The maximum absolute atomic E-state index is 12.6. The van der Waals surface area contributed by atoms with E-state index < -0.39 is 0 Å². The molecule has 2 aromatic carbocycles. The van der Waals surface area contributed by atoms with Crippen LogP contribution in [0.2, 0.25) is 0 Å². The fourth-order valence-corrected chi connectivity index (χ4v) is 3.35. The molecule has 0 bridgehead atoms. The van der Waals surface area contributed by atoms with Gasteiger partial charge >= 0.3 is 4.87 Å². The highest BCUT2D eigenvalue weighted by molar-refractivity contribution is 7.16. The van der Waals surface area contributed by atoms with Gasteiger partial charge in [-0.2, -0.15) is 0 Å². The van der Waals surface area contributed by atoms with E-state index in [9.17, 15) is 14.4 Å². The van der Waals surface area contributed by atoms with Crippen LogP contribution >= 0.6 is 11.3 Å². The largest absolute Gasteiger partial charge is 0.312 e. The minimum absolute atomic E-state index is 0.177. The van der Waals surface area contributed by atoms with Crippen LogP contribution < -0.4 is 4.87 Å². The van der Waals surface area contributed by atoms with E-state index >= 15 is 0 Å². The van der Waals surface area contributed by atoms with Crippen molar-refractivity contribution in [1.82, 2.24) is 4.98 Å². The van der Waals surface area contributed by atoms with E-state index in [1.54, 1.807) is 36.4 Å². The summed E-state index contributed by atoms with van der Waals surface area (Å²) >= 11 is 1.03. The molecule has 3 aromatic rings. The Kier molecular flexibility index (Phi) is 2.11. The molecule has 0 atom stereocenters. The second kappa shape index (κ2) is 3.74. The molecule has 0 aliphatic heterocycles. The molecule has 1 aliphatic rings. The SMILES string of the molecule is O=C1c2ccccc2C(=O)c2c1ccc1sc(=O)[nH]c21. The fraction of sp³-hybridized carbons (Fsp3) is 0. The van der Waals surface area contributed by atoms with Gasteiger partial charge in [0.15, 0.2) is 11.6 Å². The monoisotopic (exact) mass is 281 g/mol. The summed E-state index contributed by atoms with van der Waals surface area (Å²) in [6.07, 6.45) is 0. The van der Waals surface area contributed by atoms with E-state index in [0.717, 1.165) is 11.3 Å². The molecule has 0 saturated heterocycles. The van der Waals surface area contributed by atoms with Gasteiger partial charge in [0.2, 0.25) is 0 Å². The molecule has 0 spiro atoms. The van der Waals surface area contributed by atoms with Crippen molar-refractivity contribution in [1.29, 1.82) is 0 Å². The number of ketones is 2. The highest BCUT2D eigenvalue weighted by Crippen LogP contribution is 2.32. The first-order valence-corrected chi connectivity index (χ1v) is 6.83. The van der Waals surface area contributed by atoms with Gasteiger partial charge in [-0.15, -0.1) is 0 Å². The predicted octanol–water partition coefficient (Wildman–Crippen LogP) is 2.37. The first kappa shape index (κ1) is 11.3. The van der Waals surface area contributed by atoms with Gasteiger partial charge in [-0.1, -0.05) is 35.6 Å². The minimum atomic E-state index is -0.229. The normalized spacial score (nSPS) is 13.4. The number of hydrogen-bond acceptors (Lipinski definition) is 4. The predicted molar refractivity (Wildman–Crippen MR) is 75.8 cm³/mol. The number of thiazole rings is 1. The van der Waals surface area contributed by atoms with Gasteiger partial charge in [-0.25, -0.2) is 0 Å². The van der Waals surface area contributed by atoms with Crippen LogP contribution in [0.1, 0.15) is 31.8 Å². The van der Waals surface area contributed by atoms with Crippen molar-refractivity contribution in [2.24, 2.45) is 0 Å². The number of carbonyl (C=O) groups excluding carboxylic acids is 2. The standard InChI is InChI=1S/C15H7NO3S/c17-13-7-3-1-2-4-8(7)14(18)11-9(13)5-6-10-12(11)16-15(19)20-10/h1-6H,(H,16,19). The fourth-order valence-electron chi connectivity index (χ4n) is 2.60. The summed E-state index contributed by atoms with van der Waals surface area (Å²) in [6, 6.07) is 10.1. The van der Waals surface area contributed by atoms with Crippen molar-refractivity contribution in [2.75, 3.05) is 0 Å². The summed E-state index contributed by atoms with van der Waals surface area (Å²) in [7, 11) is 0. The van der Waals surface area contributed by atoms with Gasteiger partial charge in [-0.3, -0.25) is 14.4 Å².